The molecule has 0 unspecified atom stereocenters. The number of benzene rings is 3. The third kappa shape index (κ3) is 5.80. The number of esters is 1. The van der Waals surface area contributed by atoms with Crippen LogP contribution in [0.5, 0.6) is 11.5 Å². The summed E-state index contributed by atoms with van der Waals surface area (Å²) in [6.45, 7) is 4.19. The molecule has 0 aromatic heterocycles. The van der Waals surface area contributed by atoms with E-state index in [0.717, 1.165) is 11.3 Å². The highest BCUT2D eigenvalue weighted by molar-refractivity contribution is 6.12. The Kier molecular flexibility index (Phi) is 7.32. The number of allylic oxidation sites excluding steroid dienone is 1. The monoisotopic (exact) mass is 470 g/mol. The highest BCUT2D eigenvalue weighted by Gasteiger charge is 2.25. The molecular formula is C27H22N2O6. The number of rotatable bonds is 10. The Labute approximate surface area is 201 Å². The second kappa shape index (κ2) is 10.9. The van der Waals surface area contributed by atoms with Gasteiger partial charge in [-0.25, -0.2) is 9.79 Å². The summed E-state index contributed by atoms with van der Waals surface area (Å²) in [5, 5.41) is 11.3. The van der Waals surface area contributed by atoms with Crippen LogP contribution in [0, 0.1) is 10.1 Å². The van der Waals surface area contributed by atoms with Crippen LogP contribution in [0.1, 0.15) is 16.7 Å². The quantitative estimate of drug-likeness (QED) is 0.102. The van der Waals surface area contributed by atoms with Gasteiger partial charge in [-0.2, -0.15) is 0 Å². The lowest BCUT2D eigenvalue weighted by Crippen LogP contribution is -2.10. The minimum absolute atomic E-state index is 0.0174. The molecule has 35 heavy (non-hydrogen) atoms. The third-order valence-electron chi connectivity index (χ3n) is 5.07. The van der Waals surface area contributed by atoms with E-state index in [1.54, 1.807) is 30.3 Å². The van der Waals surface area contributed by atoms with Crippen molar-refractivity contribution < 1.29 is 23.9 Å². The summed E-state index contributed by atoms with van der Waals surface area (Å²) >= 11 is 0. The maximum atomic E-state index is 12.4. The SMILES string of the molecule is C=CCc1ccccc1OCCOc1ccc([N+](=O)[O-])cc1/C=C1/N=C(c2ccccc2)OC1=O. The zero-order valence-electron chi connectivity index (χ0n) is 18.8. The van der Waals surface area contributed by atoms with E-state index < -0.39 is 10.9 Å². The second-order valence-electron chi connectivity index (χ2n) is 7.48. The van der Waals surface area contributed by atoms with Gasteiger partial charge in [-0.15, -0.1) is 6.58 Å². The van der Waals surface area contributed by atoms with E-state index in [1.807, 2.05) is 30.3 Å². The molecule has 1 aliphatic rings. The van der Waals surface area contributed by atoms with E-state index in [4.69, 9.17) is 14.2 Å². The maximum absolute atomic E-state index is 12.4. The summed E-state index contributed by atoms with van der Waals surface area (Å²) in [6, 6.07) is 20.8. The predicted octanol–water partition coefficient (Wildman–Crippen LogP) is 5.13. The minimum Gasteiger partial charge on any atom is -0.490 e. The number of carbonyl (C=O) groups is 1. The van der Waals surface area contributed by atoms with Crippen LogP contribution < -0.4 is 9.47 Å². The molecule has 0 bridgehead atoms. The number of nitrogens with zero attached hydrogens (tertiary/aromatic N) is 2. The average molecular weight is 470 g/mol. The Hall–Kier alpha value is -4.72. The first kappa shape index (κ1) is 23.4. The molecule has 0 atom stereocenters. The summed E-state index contributed by atoms with van der Waals surface area (Å²) in [5.41, 5.74) is 1.86. The predicted molar refractivity (Wildman–Crippen MR) is 131 cm³/mol. The fourth-order valence-corrected chi connectivity index (χ4v) is 3.43. The van der Waals surface area contributed by atoms with Crippen LogP contribution in [-0.2, 0) is 16.0 Å². The molecule has 0 saturated heterocycles. The molecule has 4 rings (SSSR count). The molecule has 8 heteroatoms. The van der Waals surface area contributed by atoms with Crippen molar-refractivity contribution in [2.24, 2.45) is 4.99 Å². The van der Waals surface area contributed by atoms with Gasteiger partial charge in [0, 0.05) is 23.3 Å². The van der Waals surface area contributed by atoms with E-state index in [1.165, 1.54) is 24.3 Å². The molecule has 1 aliphatic heterocycles. The van der Waals surface area contributed by atoms with Crippen molar-refractivity contribution in [3.05, 3.63) is 118 Å². The fourth-order valence-electron chi connectivity index (χ4n) is 3.43. The molecular weight excluding hydrogens is 448 g/mol. The molecule has 1 heterocycles. The first-order valence-electron chi connectivity index (χ1n) is 10.9. The van der Waals surface area contributed by atoms with E-state index in [-0.39, 0.29) is 30.5 Å². The van der Waals surface area contributed by atoms with E-state index in [2.05, 4.69) is 11.6 Å². The summed E-state index contributed by atoms with van der Waals surface area (Å²) < 4.78 is 16.9. The highest BCUT2D eigenvalue weighted by atomic mass is 16.6. The van der Waals surface area contributed by atoms with Gasteiger partial charge in [-0.05, 0) is 42.3 Å². The van der Waals surface area contributed by atoms with Gasteiger partial charge in [0.05, 0.1) is 4.92 Å². The molecule has 3 aromatic rings. The Morgan fingerprint density at radius 3 is 2.43 bits per heavy atom. The molecule has 0 radical (unpaired) electrons. The topological polar surface area (TPSA) is 100 Å². The van der Waals surface area contributed by atoms with Crippen molar-refractivity contribution in [1.82, 2.24) is 0 Å². The van der Waals surface area contributed by atoms with E-state index in [9.17, 15) is 14.9 Å². The van der Waals surface area contributed by atoms with E-state index in [0.29, 0.717) is 23.3 Å². The van der Waals surface area contributed by atoms with Gasteiger partial charge in [0.15, 0.2) is 5.70 Å². The molecule has 3 aromatic carbocycles. The largest absolute Gasteiger partial charge is 0.490 e. The lowest BCUT2D eigenvalue weighted by Gasteiger charge is -2.12. The Morgan fingerprint density at radius 1 is 0.971 bits per heavy atom. The lowest BCUT2D eigenvalue weighted by atomic mass is 10.1. The lowest BCUT2D eigenvalue weighted by molar-refractivity contribution is -0.384. The van der Waals surface area contributed by atoms with Gasteiger partial charge < -0.3 is 14.2 Å². The van der Waals surface area contributed by atoms with Crippen LogP contribution >= 0.6 is 0 Å². The molecule has 0 amide bonds. The van der Waals surface area contributed by atoms with Crippen LogP contribution in [0.2, 0.25) is 0 Å². The number of ether oxygens (including phenoxy) is 3. The van der Waals surface area contributed by atoms with Crippen LogP contribution in [0.4, 0.5) is 5.69 Å². The molecule has 8 nitrogen and oxygen atoms in total. The highest BCUT2D eigenvalue weighted by Crippen LogP contribution is 2.29. The Balaban J connectivity index is 1.52. The number of nitro groups is 1. The van der Waals surface area contributed by atoms with E-state index >= 15 is 0 Å². The molecule has 0 N–H and O–H groups in total. The van der Waals surface area contributed by atoms with Gasteiger partial charge in [-0.1, -0.05) is 42.5 Å². The van der Waals surface area contributed by atoms with Crippen molar-refractivity contribution >= 4 is 23.6 Å². The summed E-state index contributed by atoms with van der Waals surface area (Å²) in [7, 11) is 0. The number of hydrogen-bond acceptors (Lipinski definition) is 7. The third-order valence-corrected chi connectivity index (χ3v) is 5.07. The van der Waals surface area contributed by atoms with Crippen molar-refractivity contribution in [2.45, 2.75) is 6.42 Å². The summed E-state index contributed by atoms with van der Waals surface area (Å²) in [6.07, 6.45) is 3.90. The summed E-state index contributed by atoms with van der Waals surface area (Å²) in [4.78, 5) is 27.4. The van der Waals surface area contributed by atoms with Crippen molar-refractivity contribution in [1.29, 1.82) is 0 Å². The molecule has 0 fully saturated rings. The first-order valence-corrected chi connectivity index (χ1v) is 10.9. The second-order valence-corrected chi connectivity index (χ2v) is 7.48. The van der Waals surface area contributed by atoms with Crippen LogP contribution in [0.25, 0.3) is 6.08 Å². The molecule has 0 aliphatic carbocycles. The number of para-hydroxylation sites is 1. The smallest absolute Gasteiger partial charge is 0.363 e. The number of carbonyl (C=O) groups excluding carboxylic acids is 1. The normalized spacial score (nSPS) is 13.8. The number of nitro benzene ring substituents is 1. The zero-order chi connectivity index (χ0) is 24.6. The van der Waals surface area contributed by atoms with Crippen LogP contribution in [0.3, 0.4) is 0 Å². The van der Waals surface area contributed by atoms with Crippen LogP contribution in [-0.4, -0.2) is 30.0 Å². The van der Waals surface area contributed by atoms with Crippen molar-refractivity contribution in [3.8, 4) is 11.5 Å². The maximum Gasteiger partial charge on any atom is 0.363 e. The van der Waals surface area contributed by atoms with Gasteiger partial charge in [0.1, 0.15) is 24.7 Å². The van der Waals surface area contributed by atoms with Gasteiger partial charge in [-0.3, -0.25) is 10.1 Å². The number of aliphatic imine (C=N–C) groups is 1. The summed E-state index contributed by atoms with van der Waals surface area (Å²) in [5.74, 6) is 0.602. The fraction of sp³-hybridized carbons (Fsp3) is 0.111. The number of non-ortho nitro benzene ring substituents is 1. The van der Waals surface area contributed by atoms with Gasteiger partial charge in [0.2, 0.25) is 5.90 Å². The van der Waals surface area contributed by atoms with Gasteiger partial charge in [0.25, 0.3) is 5.69 Å². The first-order chi connectivity index (χ1) is 17.0. The average Bonchev–Trinajstić information content (AvgIpc) is 3.24. The van der Waals surface area contributed by atoms with Gasteiger partial charge >= 0.3 is 5.97 Å². The Morgan fingerprint density at radius 2 is 1.69 bits per heavy atom. The number of hydrogen-bond donors (Lipinski definition) is 0. The molecule has 0 spiro atoms. The molecule has 0 saturated carbocycles. The van der Waals surface area contributed by atoms with Crippen molar-refractivity contribution in [3.63, 3.8) is 0 Å². The minimum atomic E-state index is -0.650. The zero-order valence-corrected chi connectivity index (χ0v) is 18.8. The standard InChI is InChI=1S/C27H22N2O6/c1-2-8-19-9-6-7-12-24(19)33-15-16-34-25-14-13-22(29(31)32)17-21(25)18-23-27(30)35-26(28-23)20-10-4-3-5-11-20/h2-7,9-14,17-18H,1,8,15-16H2/b23-18+. The Bertz CT molecular complexity index is 1310. The van der Waals surface area contributed by atoms with Crippen LogP contribution in [0.15, 0.2) is 96.1 Å². The number of cyclic esters (lactones) is 1. The molecule has 176 valence electrons. The van der Waals surface area contributed by atoms with Crippen molar-refractivity contribution in [2.75, 3.05) is 13.2 Å².